The summed E-state index contributed by atoms with van der Waals surface area (Å²) < 4.78 is 15.1. The average molecular weight is 263 g/mol. The Morgan fingerprint density at radius 2 is 2.05 bits per heavy atom. The fourth-order valence-electron chi connectivity index (χ4n) is 2.27. The molecule has 0 fully saturated rings. The van der Waals surface area contributed by atoms with Gasteiger partial charge in [0.2, 0.25) is 0 Å². The first-order chi connectivity index (χ1) is 8.90. The Morgan fingerprint density at radius 3 is 2.63 bits per heavy atom. The summed E-state index contributed by atoms with van der Waals surface area (Å²) in [5.41, 5.74) is 0.521. The molecule has 19 heavy (non-hydrogen) atoms. The number of halogens is 1. The lowest BCUT2D eigenvalue weighted by Gasteiger charge is -2.19. The summed E-state index contributed by atoms with van der Waals surface area (Å²) in [6.45, 7) is 3.72. The zero-order valence-electron chi connectivity index (χ0n) is 10.7. The first-order valence-corrected chi connectivity index (χ1v) is 5.95. The molecular formula is C14H14FNO3. The molecule has 2 aromatic rings. The predicted octanol–water partition coefficient (Wildman–Crippen LogP) is 2.35. The van der Waals surface area contributed by atoms with Crippen LogP contribution in [0.2, 0.25) is 0 Å². The Bertz CT molecular complexity index is 704. The van der Waals surface area contributed by atoms with Crippen LogP contribution in [-0.2, 0) is 11.2 Å². The molecule has 1 aromatic heterocycles. The van der Waals surface area contributed by atoms with Crippen molar-refractivity contribution in [2.45, 2.75) is 26.3 Å². The molecule has 2 rings (SSSR count). The van der Waals surface area contributed by atoms with Crippen molar-refractivity contribution >= 4 is 16.9 Å². The SMILES string of the molecule is CC(C)n1c(CC(=O)O)cc(=O)c2ccc(F)cc21. The Morgan fingerprint density at radius 1 is 1.37 bits per heavy atom. The molecular weight excluding hydrogens is 249 g/mol. The summed E-state index contributed by atoms with van der Waals surface area (Å²) in [6, 6.07) is 5.16. The van der Waals surface area contributed by atoms with E-state index in [2.05, 4.69) is 0 Å². The second-order valence-electron chi connectivity index (χ2n) is 4.70. The standard InChI is InChI=1S/C14H14FNO3/c1-8(2)16-10(7-14(18)19)6-13(17)11-4-3-9(15)5-12(11)16/h3-6,8H,7H2,1-2H3,(H,18,19). The molecule has 0 bridgehead atoms. The average Bonchev–Trinajstić information content (AvgIpc) is 2.26. The molecule has 1 aromatic carbocycles. The van der Waals surface area contributed by atoms with Crippen LogP contribution < -0.4 is 5.43 Å². The number of hydrogen-bond acceptors (Lipinski definition) is 2. The van der Waals surface area contributed by atoms with Gasteiger partial charge in [-0.25, -0.2) is 4.39 Å². The first-order valence-electron chi connectivity index (χ1n) is 5.95. The van der Waals surface area contributed by atoms with Gasteiger partial charge in [0.05, 0.1) is 11.9 Å². The Hall–Kier alpha value is -2.17. The molecule has 4 nitrogen and oxygen atoms in total. The maximum atomic E-state index is 13.4. The van der Waals surface area contributed by atoms with Crippen LogP contribution in [-0.4, -0.2) is 15.6 Å². The van der Waals surface area contributed by atoms with Crippen LogP contribution in [0.5, 0.6) is 0 Å². The second kappa shape index (κ2) is 4.84. The maximum absolute atomic E-state index is 13.4. The van der Waals surface area contributed by atoms with Crippen molar-refractivity contribution in [2.75, 3.05) is 0 Å². The number of benzene rings is 1. The van der Waals surface area contributed by atoms with E-state index in [1.807, 2.05) is 13.8 Å². The number of carboxylic acid groups (broad SMARTS) is 1. The number of aromatic nitrogens is 1. The van der Waals surface area contributed by atoms with E-state index < -0.39 is 11.8 Å². The summed E-state index contributed by atoms with van der Waals surface area (Å²) in [6.07, 6.45) is -0.264. The van der Waals surface area contributed by atoms with E-state index in [4.69, 9.17) is 5.11 Å². The number of hydrogen-bond donors (Lipinski definition) is 1. The summed E-state index contributed by atoms with van der Waals surface area (Å²) >= 11 is 0. The Kier molecular flexibility index (Phi) is 3.38. The topological polar surface area (TPSA) is 59.3 Å². The molecule has 0 spiro atoms. The normalized spacial score (nSPS) is 11.2. The van der Waals surface area contributed by atoms with Crippen LogP contribution >= 0.6 is 0 Å². The minimum atomic E-state index is -1.02. The molecule has 0 amide bonds. The summed E-state index contributed by atoms with van der Waals surface area (Å²) in [7, 11) is 0. The third kappa shape index (κ3) is 2.50. The van der Waals surface area contributed by atoms with Gasteiger partial charge in [0, 0.05) is 23.2 Å². The number of fused-ring (bicyclic) bond motifs is 1. The van der Waals surface area contributed by atoms with Crippen molar-refractivity contribution in [1.29, 1.82) is 0 Å². The van der Waals surface area contributed by atoms with Crippen molar-refractivity contribution in [3.63, 3.8) is 0 Å². The van der Waals surface area contributed by atoms with Crippen molar-refractivity contribution in [3.05, 3.63) is 46.0 Å². The van der Waals surface area contributed by atoms with Gasteiger partial charge in [-0.2, -0.15) is 0 Å². The molecule has 0 aliphatic rings. The monoisotopic (exact) mass is 263 g/mol. The predicted molar refractivity (Wildman–Crippen MR) is 69.9 cm³/mol. The molecule has 0 unspecified atom stereocenters. The summed E-state index contributed by atoms with van der Waals surface area (Å²) in [4.78, 5) is 22.8. The van der Waals surface area contributed by atoms with Crippen molar-refractivity contribution < 1.29 is 14.3 Å². The van der Waals surface area contributed by atoms with Crippen LogP contribution in [0.3, 0.4) is 0 Å². The first kappa shape index (κ1) is 13.3. The van der Waals surface area contributed by atoms with Crippen LogP contribution in [0.25, 0.3) is 10.9 Å². The van der Waals surface area contributed by atoms with E-state index in [1.165, 1.54) is 24.3 Å². The highest BCUT2D eigenvalue weighted by atomic mass is 19.1. The van der Waals surface area contributed by atoms with Gasteiger partial charge in [0.1, 0.15) is 5.82 Å². The van der Waals surface area contributed by atoms with E-state index in [0.29, 0.717) is 16.6 Å². The molecule has 5 heteroatoms. The Balaban J connectivity index is 2.86. The third-order valence-electron chi connectivity index (χ3n) is 2.94. The minimum Gasteiger partial charge on any atom is -0.481 e. The van der Waals surface area contributed by atoms with Gasteiger partial charge in [-0.05, 0) is 32.0 Å². The highest BCUT2D eigenvalue weighted by Crippen LogP contribution is 2.20. The third-order valence-corrected chi connectivity index (χ3v) is 2.94. The molecule has 0 saturated carbocycles. The van der Waals surface area contributed by atoms with E-state index in [0.717, 1.165) is 0 Å². The molecule has 1 N–H and O–H groups in total. The number of nitrogens with zero attached hydrogens (tertiary/aromatic N) is 1. The zero-order valence-corrected chi connectivity index (χ0v) is 10.7. The lowest BCUT2D eigenvalue weighted by Crippen LogP contribution is -2.18. The number of rotatable bonds is 3. The summed E-state index contributed by atoms with van der Waals surface area (Å²) in [5.74, 6) is -1.47. The van der Waals surface area contributed by atoms with E-state index in [9.17, 15) is 14.0 Å². The number of carbonyl (C=O) groups is 1. The lowest BCUT2D eigenvalue weighted by atomic mass is 10.1. The lowest BCUT2D eigenvalue weighted by molar-refractivity contribution is -0.136. The molecule has 0 atom stereocenters. The highest BCUT2D eigenvalue weighted by Gasteiger charge is 2.14. The molecule has 1 heterocycles. The van der Waals surface area contributed by atoms with Gasteiger partial charge >= 0.3 is 5.97 Å². The van der Waals surface area contributed by atoms with E-state index >= 15 is 0 Å². The van der Waals surface area contributed by atoms with Gasteiger partial charge < -0.3 is 9.67 Å². The Labute approximate surface area is 109 Å². The smallest absolute Gasteiger partial charge is 0.309 e. The van der Waals surface area contributed by atoms with Crippen molar-refractivity contribution in [1.82, 2.24) is 4.57 Å². The fraction of sp³-hybridized carbons (Fsp3) is 0.286. The molecule has 0 saturated heterocycles. The van der Waals surface area contributed by atoms with Gasteiger partial charge in [-0.1, -0.05) is 0 Å². The quantitative estimate of drug-likeness (QED) is 0.924. The van der Waals surface area contributed by atoms with Crippen LogP contribution in [0.15, 0.2) is 29.1 Å². The van der Waals surface area contributed by atoms with Gasteiger partial charge in [0.15, 0.2) is 5.43 Å². The molecule has 0 aliphatic heterocycles. The van der Waals surface area contributed by atoms with Crippen LogP contribution in [0.4, 0.5) is 4.39 Å². The number of pyridine rings is 1. The van der Waals surface area contributed by atoms with Crippen molar-refractivity contribution in [3.8, 4) is 0 Å². The van der Waals surface area contributed by atoms with Crippen LogP contribution in [0.1, 0.15) is 25.6 Å². The summed E-state index contributed by atoms with van der Waals surface area (Å²) in [5, 5.41) is 9.29. The fourth-order valence-corrected chi connectivity index (χ4v) is 2.27. The van der Waals surface area contributed by atoms with Gasteiger partial charge in [0.25, 0.3) is 0 Å². The number of aliphatic carboxylic acids is 1. The minimum absolute atomic E-state index is 0.0701. The maximum Gasteiger partial charge on any atom is 0.309 e. The van der Waals surface area contributed by atoms with E-state index in [1.54, 1.807) is 4.57 Å². The van der Waals surface area contributed by atoms with E-state index in [-0.39, 0.29) is 17.9 Å². The van der Waals surface area contributed by atoms with Gasteiger partial charge in [-0.3, -0.25) is 9.59 Å². The zero-order chi connectivity index (χ0) is 14.2. The molecule has 0 radical (unpaired) electrons. The van der Waals surface area contributed by atoms with Crippen molar-refractivity contribution in [2.24, 2.45) is 0 Å². The second-order valence-corrected chi connectivity index (χ2v) is 4.70. The van der Waals surface area contributed by atoms with Crippen LogP contribution in [0, 0.1) is 5.82 Å². The van der Waals surface area contributed by atoms with Gasteiger partial charge in [-0.15, -0.1) is 0 Å². The molecule has 0 aliphatic carbocycles. The number of carboxylic acids is 1. The largest absolute Gasteiger partial charge is 0.481 e. The highest BCUT2D eigenvalue weighted by molar-refractivity contribution is 5.80. The molecule has 100 valence electrons.